The Morgan fingerprint density at radius 2 is 1.66 bits per heavy atom. The normalized spacial score (nSPS) is 12.2. The Hall–Kier alpha value is -3.89. The van der Waals surface area contributed by atoms with Crippen LogP contribution >= 0.6 is 0 Å². The van der Waals surface area contributed by atoms with E-state index in [2.05, 4.69) is 20.6 Å². The predicted octanol–water partition coefficient (Wildman–Crippen LogP) is 6.07. The molecule has 1 atom stereocenters. The first-order chi connectivity index (χ1) is 15.2. The van der Waals surface area contributed by atoms with E-state index in [0.29, 0.717) is 23.3 Å². The number of aromatic nitrogens is 2. The molecule has 8 nitrogen and oxygen atoms in total. The second-order valence-corrected chi connectivity index (χ2v) is 6.87. The number of rotatable bonds is 8. The molecule has 11 heteroatoms. The molecule has 3 aromatic rings. The molecule has 2 aromatic carbocycles. The Kier molecular flexibility index (Phi) is 6.76. The van der Waals surface area contributed by atoms with Crippen molar-refractivity contribution in [1.82, 2.24) is 9.97 Å². The molecule has 168 valence electrons. The summed E-state index contributed by atoms with van der Waals surface area (Å²) < 4.78 is 46.0. The van der Waals surface area contributed by atoms with E-state index in [1.54, 1.807) is 24.3 Å². The molecule has 1 heterocycles. The Morgan fingerprint density at radius 3 is 2.22 bits per heavy atom. The van der Waals surface area contributed by atoms with Gasteiger partial charge in [0.1, 0.15) is 17.1 Å². The first kappa shape index (κ1) is 22.8. The standard InChI is InChI=1S/C21H20F3N5O3/c1-3-13(2)32-17-10-6-14(7-11-17)26-19-18(21(22,23)24)12-25-20(28-19)27-15-4-8-16(9-5-15)29(30)31/h4-13H,3H2,1-2H3,(H2,25,26,27,28). The van der Waals surface area contributed by atoms with E-state index < -0.39 is 22.5 Å². The maximum absolute atomic E-state index is 13.5. The van der Waals surface area contributed by atoms with Crippen LogP contribution in [0.3, 0.4) is 0 Å². The molecule has 0 radical (unpaired) electrons. The monoisotopic (exact) mass is 447 g/mol. The fourth-order valence-electron chi connectivity index (χ4n) is 2.61. The van der Waals surface area contributed by atoms with Crippen molar-refractivity contribution in [1.29, 1.82) is 0 Å². The summed E-state index contributed by atoms with van der Waals surface area (Å²) in [6.07, 6.45) is -3.17. The van der Waals surface area contributed by atoms with Crippen LogP contribution in [0.2, 0.25) is 0 Å². The number of benzene rings is 2. The molecule has 1 aromatic heterocycles. The zero-order chi connectivity index (χ0) is 23.3. The molecule has 32 heavy (non-hydrogen) atoms. The summed E-state index contributed by atoms with van der Waals surface area (Å²) in [5.74, 6) is 0.0581. The van der Waals surface area contributed by atoms with Gasteiger partial charge in [0, 0.05) is 29.7 Å². The molecule has 2 N–H and O–H groups in total. The molecule has 0 spiro atoms. The summed E-state index contributed by atoms with van der Waals surface area (Å²) in [6.45, 7) is 3.90. The topological polar surface area (TPSA) is 102 Å². The number of non-ortho nitro benzene ring substituents is 1. The molecule has 0 aliphatic heterocycles. The number of nitrogens with zero attached hydrogens (tertiary/aromatic N) is 3. The number of nitro groups is 1. The number of hydrogen-bond donors (Lipinski definition) is 2. The van der Waals surface area contributed by atoms with Crippen molar-refractivity contribution < 1.29 is 22.8 Å². The first-order valence-electron chi connectivity index (χ1n) is 9.65. The predicted molar refractivity (Wildman–Crippen MR) is 114 cm³/mol. The van der Waals surface area contributed by atoms with E-state index in [1.165, 1.54) is 24.3 Å². The van der Waals surface area contributed by atoms with Gasteiger partial charge in [0.2, 0.25) is 5.95 Å². The summed E-state index contributed by atoms with van der Waals surface area (Å²) in [5, 5.41) is 16.2. The molecule has 0 amide bonds. The fourth-order valence-corrected chi connectivity index (χ4v) is 2.61. The van der Waals surface area contributed by atoms with Gasteiger partial charge in [0.15, 0.2) is 0 Å². The smallest absolute Gasteiger partial charge is 0.421 e. The highest BCUT2D eigenvalue weighted by Crippen LogP contribution is 2.35. The van der Waals surface area contributed by atoms with Crippen molar-refractivity contribution in [2.24, 2.45) is 0 Å². The molecule has 0 aliphatic rings. The zero-order valence-electron chi connectivity index (χ0n) is 17.2. The van der Waals surface area contributed by atoms with Gasteiger partial charge in [0.05, 0.1) is 11.0 Å². The van der Waals surface area contributed by atoms with Crippen LogP contribution in [0.5, 0.6) is 5.75 Å². The SMILES string of the molecule is CCC(C)Oc1ccc(Nc2nc(Nc3ccc([N+](=O)[O-])cc3)ncc2C(F)(F)F)cc1. The van der Waals surface area contributed by atoms with Crippen LogP contribution in [0.4, 0.5) is 42.0 Å². The summed E-state index contributed by atoms with van der Waals surface area (Å²) in [5.41, 5.74) is -0.390. The van der Waals surface area contributed by atoms with Crippen LogP contribution in [0.25, 0.3) is 0 Å². The van der Waals surface area contributed by atoms with Crippen LogP contribution < -0.4 is 15.4 Å². The van der Waals surface area contributed by atoms with Gasteiger partial charge in [-0.25, -0.2) is 4.98 Å². The summed E-state index contributed by atoms with van der Waals surface area (Å²) in [4.78, 5) is 17.9. The lowest BCUT2D eigenvalue weighted by Crippen LogP contribution is -2.13. The summed E-state index contributed by atoms with van der Waals surface area (Å²) in [6, 6.07) is 11.8. The highest BCUT2D eigenvalue weighted by molar-refractivity contribution is 5.63. The van der Waals surface area contributed by atoms with Gasteiger partial charge in [-0.05, 0) is 49.7 Å². The molecule has 0 aliphatic carbocycles. The van der Waals surface area contributed by atoms with Gasteiger partial charge in [-0.1, -0.05) is 6.92 Å². The highest BCUT2D eigenvalue weighted by atomic mass is 19.4. The molecular formula is C21H20F3N5O3. The lowest BCUT2D eigenvalue weighted by atomic mass is 10.2. The quantitative estimate of drug-likeness (QED) is 0.319. The number of nitro benzene ring substituents is 1. The largest absolute Gasteiger partial charge is 0.491 e. The number of alkyl halides is 3. The van der Waals surface area contributed by atoms with Crippen molar-refractivity contribution in [2.45, 2.75) is 32.5 Å². The van der Waals surface area contributed by atoms with E-state index in [4.69, 9.17) is 4.74 Å². The number of hydrogen-bond acceptors (Lipinski definition) is 7. The van der Waals surface area contributed by atoms with Gasteiger partial charge in [0.25, 0.3) is 5.69 Å². The minimum Gasteiger partial charge on any atom is -0.491 e. The first-order valence-corrected chi connectivity index (χ1v) is 9.65. The van der Waals surface area contributed by atoms with E-state index >= 15 is 0 Å². The number of ether oxygens (including phenoxy) is 1. The van der Waals surface area contributed by atoms with Crippen molar-refractivity contribution in [3.05, 3.63) is 70.4 Å². The van der Waals surface area contributed by atoms with E-state index in [-0.39, 0.29) is 17.7 Å². The van der Waals surface area contributed by atoms with Crippen LogP contribution in [-0.2, 0) is 6.18 Å². The van der Waals surface area contributed by atoms with Crippen molar-refractivity contribution in [2.75, 3.05) is 10.6 Å². The Bertz CT molecular complexity index is 1070. The lowest BCUT2D eigenvalue weighted by molar-refractivity contribution is -0.384. The average Bonchev–Trinajstić information content (AvgIpc) is 2.74. The second-order valence-electron chi connectivity index (χ2n) is 6.87. The number of anilines is 4. The zero-order valence-corrected chi connectivity index (χ0v) is 17.2. The van der Waals surface area contributed by atoms with E-state index in [1.807, 2.05) is 13.8 Å². The fraction of sp³-hybridized carbons (Fsp3) is 0.238. The van der Waals surface area contributed by atoms with Crippen molar-refractivity contribution in [3.8, 4) is 5.75 Å². The molecule has 0 bridgehead atoms. The molecular weight excluding hydrogens is 427 g/mol. The molecule has 0 fully saturated rings. The summed E-state index contributed by atoms with van der Waals surface area (Å²) in [7, 11) is 0. The van der Waals surface area contributed by atoms with Crippen molar-refractivity contribution >= 4 is 28.8 Å². The second kappa shape index (κ2) is 9.50. The van der Waals surface area contributed by atoms with Crippen molar-refractivity contribution in [3.63, 3.8) is 0 Å². The third-order valence-electron chi connectivity index (χ3n) is 4.46. The third-order valence-corrected chi connectivity index (χ3v) is 4.46. The lowest BCUT2D eigenvalue weighted by Gasteiger charge is -2.16. The van der Waals surface area contributed by atoms with E-state index in [0.717, 1.165) is 6.42 Å². The number of halogens is 3. The minimum atomic E-state index is -4.67. The Labute approximate surface area is 181 Å². The van der Waals surface area contributed by atoms with E-state index in [9.17, 15) is 23.3 Å². The average molecular weight is 447 g/mol. The van der Waals surface area contributed by atoms with Crippen LogP contribution in [0.1, 0.15) is 25.8 Å². The van der Waals surface area contributed by atoms with Gasteiger partial charge >= 0.3 is 6.18 Å². The van der Waals surface area contributed by atoms with Gasteiger partial charge in [-0.15, -0.1) is 0 Å². The minimum absolute atomic E-state index is 0.0144. The summed E-state index contributed by atoms with van der Waals surface area (Å²) >= 11 is 0. The van der Waals surface area contributed by atoms with Gasteiger partial charge in [-0.3, -0.25) is 10.1 Å². The van der Waals surface area contributed by atoms with Gasteiger partial charge < -0.3 is 15.4 Å². The van der Waals surface area contributed by atoms with Gasteiger partial charge in [-0.2, -0.15) is 18.2 Å². The highest BCUT2D eigenvalue weighted by Gasteiger charge is 2.35. The maximum atomic E-state index is 13.5. The Balaban J connectivity index is 1.83. The third kappa shape index (κ3) is 5.84. The maximum Gasteiger partial charge on any atom is 0.421 e. The van der Waals surface area contributed by atoms with Crippen LogP contribution in [-0.4, -0.2) is 21.0 Å². The molecule has 0 saturated carbocycles. The van der Waals surface area contributed by atoms with Crippen LogP contribution in [0.15, 0.2) is 54.7 Å². The molecule has 3 rings (SSSR count). The van der Waals surface area contributed by atoms with Crippen LogP contribution in [0, 0.1) is 10.1 Å². The number of nitrogens with one attached hydrogen (secondary N) is 2. The Morgan fingerprint density at radius 1 is 1.06 bits per heavy atom. The molecule has 0 saturated heterocycles. The molecule has 1 unspecified atom stereocenters.